The lowest BCUT2D eigenvalue weighted by Gasteiger charge is -2.30. The number of rotatable bonds is 28. The molecular weight excluding hydrogens is 997 g/mol. The van der Waals surface area contributed by atoms with Crippen molar-refractivity contribution < 1.29 is 56.3 Å². The number of likely N-dealkylation sites (tertiary alicyclic amines) is 1. The van der Waals surface area contributed by atoms with Crippen LogP contribution in [0.3, 0.4) is 0 Å². The Bertz CT molecular complexity index is 2660. The van der Waals surface area contributed by atoms with E-state index in [1.807, 2.05) is 52.0 Å². The molecule has 1 aliphatic heterocycles. The van der Waals surface area contributed by atoms with Gasteiger partial charge in [-0.2, -0.15) is 0 Å². The highest BCUT2D eigenvalue weighted by molar-refractivity contribution is 7.89. The number of alkyl carbamates (subject to hydrolysis) is 1. The van der Waals surface area contributed by atoms with Gasteiger partial charge in [0.25, 0.3) is 5.91 Å². The van der Waals surface area contributed by atoms with Gasteiger partial charge in [-0.05, 0) is 71.4 Å². The normalized spacial score (nSPS) is 13.7. The number of benzene rings is 3. The zero-order chi connectivity index (χ0) is 56.2. The molecule has 20 nitrogen and oxygen atoms in total. The number of amides is 9. The highest BCUT2D eigenvalue weighted by Crippen LogP contribution is 2.27. The van der Waals surface area contributed by atoms with Crippen molar-refractivity contribution in [3.63, 3.8) is 0 Å². The second-order valence-corrected chi connectivity index (χ2v) is 22.0. The Labute approximate surface area is 445 Å². The van der Waals surface area contributed by atoms with Crippen LogP contribution in [0.15, 0.2) is 90.5 Å². The lowest BCUT2D eigenvalue weighted by atomic mass is 9.81. The second-order valence-electron chi connectivity index (χ2n) is 20.2. The molecule has 4 rings (SSSR count). The number of anilines is 1. The van der Waals surface area contributed by atoms with Gasteiger partial charge in [-0.1, -0.05) is 121 Å². The summed E-state index contributed by atoms with van der Waals surface area (Å²) >= 11 is 0. The number of carbonyl (C=O) groups is 9. The van der Waals surface area contributed by atoms with Gasteiger partial charge in [-0.3, -0.25) is 43.3 Å². The summed E-state index contributed by atoms with van der Waals surface area (Å²) in [5.74, 6) is -3.96. The molecule has 0 spiro atoms. The summed E-state index contributed by atoms with van der Waals surface area (Å²) in [7, 11) is -2.41. The molecule has 0 bridgehead atoms. The number of hydrogen-bond acceptors (Lipinski definition) is 12. The Balaban J connectivity index is 1.13. The van der Waals surface area contributed by atoms with Crippen LogP contribution in [0.2, 0.25) is 0 Å². The second kappa shape index (κ2) is 29.0. The van der Waals surface area contributed by atoms with Crippen molar-refractivity contribution in [2.45, 2.75) is 130 Å². The molecule has 76 heavy (non-hydrogen) atoms. The summed E-state index contributed by atoms with van der Waals surface area (Å²) < 4.78 is 32.8. The fourth-order valence-electron chi connectivity index (χ4n) is 8.17. The van der Waals surface area contributed by atoms with Crippen molar-refractivity contribution in [2.75, 3.05) is 32.0 Å². The third-order valence-electron chi connectivity index (χ3n) is 12.7. The van der Waals surface area contributed by atoms with Crippen molar-refractivity contribution in [3.8, 4) is 0 Å². The largest absolute Gasteiger partial charge is 0.445 e. The van der Waals surface area contributed by atoms with Crippen LogP contribution in [0.1, 0.15) is 116 Å². The van der Waals surface area contributed by atoms with Gasteiger partial charge >= 0.3 is 6.09 Å². The number of nitrogens with zero attached hydrogens (tertiary/aromatic N) is 2. The summed E-state index contributed by atoms with van der Waals surface area (Å²) in [6.45, 7) is 12.4. The van der Waals surface area contributed by atoms with Crippen LogP contribution in [0.25, 0.3) is 0 Å². The van der Waals surface area contributed by atoms with Crippen molar-refractivity contribution >= 4 is 69.1 Å². The minimum Gasteiger partial charge on any atom is -0.445 e. The van der Waals surface area contributed by atoms with E-state index in [4.69, 9.17) is 4.74 Å². The number of sulfonamides is 1. The lowest BCUT2D eigenvalue weighted by Crippen LogP contribution is -2.51. The molecule has 1 aliphatic rings. The van der Waals surface area contributed by atoms with E-state index in [9.17, 15) is 51.6 Å². The molecule has 0 aromatic heterocycles. The van der Waals surface area contributed by atoms with Crippen LogP contribution in [0, 0.1) is 11.8 Å². The van der Waals surface area contributed by atoms with Crippen LogP contribution in [0.5, 0.6) is 0 Å². The maximum Gasteiger partial charge on any atom is 0.407 e. The molecule has 1 saturated heterocycles. The van der Waals surface area contributed by atoms with E-state index < -0.39 is 57.2 Å². The summed E-state index contributed by atoms with van der Waals surface area (Å²) in [5.41, 5.74) is 2.75. The predicted molar refractivity (Wildman–Crippen MR) is 286 cm³/mol. The highest BCUT2D eigenvalue weighted by atomic mass is 32.2. The SMILES string of the molecule is C/C(=C\C(C(C)C)N(C)C(=O)CNC(=O)CC(C)(C)c1ccc(CNC(=O)OCc2ccc(NC(=O)CNC(=O)C(NC(=O)CCCCCN3C(=O)CCC3=O)C(C)C)cc2)cc1)C(=O)NS(=O)(=O)Cc1ccccc1. The van der Waals surface area contributed by atoms with Gasteiger partial charge in [0, 0.05) is 57.1 Å². The van der Waals surface area contributed by atoms with Gasteiger partial charge in [0.15, 0.2) is 0 Å². The predicted octanol–water partition coefficient (Wildman–Crippen LogP) is 4.88. The van der Waals surface area contributed by atoms with E-state index in [0.717, 1.165) is 11.1 Å². The van der Waals surface area contributed by atoms with Crippen molar-refractivity contribution in [1.29, 1.82) is 0 Å². The third-order valence-corrected chi connectivity index (χ3v) is 13.9. The summed E-state index contributed by atoms with van der Waals surface area (Å²) in [6.07, 6.45) is 3.36. The van der Waals surface area contributed by atoms with E-state index in [1.54, 1.807) is 81.6 Å². The third kappa shape index (κ3) is 20.4. The summed E-state index contributed by atoms with van der Waals surface area (Å²) in [6, 6.07) is 21.0. The van der Waals surface area contributed by atoms with Gasteiger partial charge in [0.2, 0.25) is 51.4 Å². The van der Waals surface area contributed by atoms with Gasteiger partial charge in [0.05, 0.1) is 24.9 Å². The van der Waals surface area contributed by atoms with E-state index in [-0.39, 0.29) is 98.7 Å². The number of imide groups is 1. The van der Waals surface area contributed by atoms with Gasteiger partial charge in [0.1, 0.15) is 12.6 Å². The Hall–Kier alpha value is -7.42. The first kappa shape index (κ1) is 61.1. The van der Waals surface area contributed by atoms with E-state index in [2.05, 4.69) is 31.3 Å². The molecule has 1 heterocycles. The van der Waals surface area contributed by atoms with Gasteiger partial charge < -0.3 is 36.2 Å². The lowest BCUT2D eigenvalue weighted by molar-refractivity contribution is -0.138. The minimum absolute atomic E-state index is 0.0476. The number of likely N-dealkylation sites (N-methyl/N-ethyl adjacent to an activating group) is 1. The molecule has 0 aliphatic carbocycles. The fourth-order valence-corrected chi connectivity index (χ4v) is 9.31. The number of carbonyl (C=O) groups excluding carboxylic acids is 9. The van der Waals surface area contributed by atoms with E-state index >= 15 is 0 Å². The Morgan fingerprint density at radius 1 is 0.737 bits per heavy atom. The number of ether oxygens (including phenoxy) is 1. The molecule has 3 aromatic rings. The molecule has 2 atom stereocenters. The number of unbranched alkanes of at least 4 members (excludes halogenated alkanes) is 2. The first-order chi connectivity index (χ1) is 35.8. The topological polar surface area (TPSA) is 276 Å². The average Bonchev–Trinajstić information content (AvgIpc) is 3.69. The maximum atomic E-state index is 13.3. The zero-order valence-corrected chi connectivity index (χ0v) is 45.6. The summed E-state index contributed by atoms with van der Waals surface area (Å²) in [5, 5.41) is 13.4. The first-order valence-corrected chi connectivity index (χ1v) is 27.1. The molecule has 1 fully saturated rings. The Morgan fingerprint density at radius 3 is 1.99 bits per heavy atom. The van der Waals surface area contributed by atoms with Crippen LogP contribution in [-0.2, 0) is 77.4 Å². The van der Waals surface area contributed by atoms with Crippen molar-refractivity contribution in [1.82, 2.24) is 35.8 Å². The molecule has 3 aromatic carbocycles. The summed E-state index contributed by atoms with van der Waals surface area (Å²) in [4.78, 5) is 116. The van der Waals surface area contributed by atoms with Gasteiger partial charge in [-0.15, -0.1) is 0 Å². The standard InChI is InChI=1S/C55H74N8O12S/c1-36(2)44(29-38(5)52(70)61-76(73,74)35-41-15-11-9-12-16-41)62(8)50(69)33-56-46(65)30-55(6,7)42-22-18-39(19-23-42)31-58-54(72)75-34-40-20-24-43(25-21-40)59-47(66)32-57-53(71)51(37(3)4)60-45(64)17-13-10-14-28-63-48(67)26-27-49(63)68/h9,11-12,15-16,18-25,29,36-37,44,51H,10,13-14,17,26-28,30-35H2,1-8H3,(H,56,65)(H,57,71)(H,58,72)(H,59,66)(H,60,64)(H,61,70)/b38-29+. The first-order valence-electron chi connectivity index (χ1n) is 25.4. The van der Waals surface area contributed by atoms with Crippen LogP contribution < -0.4 is 31.3 Å². The molecule has 0 saturated carbocycles. The molecule has 2 unspecified atom stereocenters. The Kier molecular flexibility index (Phi) is 23.4. The van der Waals surface area contributed by atoms with Crippen molar-refractivity contribution in [3.05, 3.63) is 113 Å². The van der Waals surface area contributed by atoms with Crippen LogP contribution in [0.4, 0.5) is 10.5 Å². The molecular formula is C55H74N8O12S. The van der Waals surface area contributed by atoms with Crippen LogP contribution >= 0.6 is 0 Å². The quantitative estimate of drug-likeness (QED) is 0.0323. The Morgan fingerprint density at radius 2 is 1.37 bits per heavy atom. The van der Waals surface area contributed by atoms with E-state index in [1.165, 1.54) is 16.7 Å². The maximum absolute atomic E-state index is 13.3. The smallest absolute Gasteiger partial charge is 0.407 e. The van der Waals surface area contributed by atoms with Gasteiger partial charge in [-0.25, -0.2) is 17.9 Å². The molecule has 0 radical (unpaired) electrons. The molecule has 21 heteroatoms. The average molecular weight is 1070 g/mol. The zero-order valence-electron chi connectivity index (χ0n) is 44.8. The highest BCUT2D eigenvalue weighted by Gasteiger charge is 2.30. The monoisotopic (exact) mass is 1070 g/mol. The molecule has 412 valence electrons. The van der Waals surface area contributed by atoms with E-state index in [0.29, 0.717) is 42.6 Å². The molecule has 6 N–H and O–H groups in total. The minimum atomic E-state index is -3.97. The number of nitrogens with one attached hydrogen (secondary N) is 6. The fraction of sp³-hybridized carbons (Fsp3) is 0.473. The van der Waals surface area contributed by atoms with Crippen molar-refractivity contribution in [2.24, 2.45) is 11.8 Å². The van der Waals surface area contributed by atoms with Crippen LogP contribution in [-0.4, -0.2) is 110 Å². The molecule has 9 amide bonds. The number of hydrogen-bond donors (Lipinski definition) is 6.